The van der Waals surface area contributed by atoms with E-state index in [-0.39, 0.29) is 24.4 Å². The van der Waals surface area contributed by atoms with Crippen LogP contribution < -0.4 is 15.8 Å². The van der Waals surface area contributed by atoms with E-state index in [1.165, 1.54) is 0 Å². The van der Waals surface area contributed by atoms with E-state index in [1.54, 1.807) is 0 Å². The molecule has 1 unspecified atom stereocenters. The highest BCUT2D eigenvalue weighted by atomic mass is 35.5. The van der Waals surface area contributed by atoms with Crippen LogP contribution in [-0.2, 0) is 17.8 Å². The van der Waals surface area contributed by atoms with Crippen LogP contribution in [0.3, 0.4) is 0 Å². The van der Waals surface area contributed by atoms with E-state index in [2.05, 4.69) is 5.32 Å². The van der Waals surface area contributed by atoms with Crippen LogP contribution in [-0.4, -0.2) is 18.1 Å². The summed E-state index contributed by atoms with van der Waals surface area (Å²) >= 11 is 0. The summed E-state index contributed by atoms with van der Waals surface area (Å²) in [5.74, 6) is 0.687. The maximum atomic E-state index is 12.1. The summed E-state index contributed by atoms with van der Waals surface area (Å²) in [5, 5.41) is 2.87. The zero-order valence-corrected chi connectivity index (χ0v) is 14.9. The Kier molecular flexibility index (Phi) is 8.30. The summed E-state index contributed by atoms with van der Waals surface area (Å²) in [6, 6.07) is 16.9. The Morgan fingerprint density at radius 3 is 2.25 bits per heavy atom. The van der Waals surface area contributed by atoms with Gasteiger partial charge >= 0.3 is 0 Å². The minimum absolute atomic E-state index is 0. The Balaban J connectivity index is 0.00000288. The first kappa shape index (κ1) is 20.0. The van der Waals surface area contributed by atoms with Crippen molar-refractivity contribution >= 4 is 18.3 Å². The van der Waals surface area contributed by atoms with Gasteiger partial charge < -0.3 is 15.8 Å². The molecule has 2 rings (SSSR count). The highest BCUT2D eigenvalue weighted by molar-refractivity contribution is 5.85. The van der Waals surface area contributed by atoms with Crippen molar-refractivity contribution in [3.05, 3.63) is 65.7 Å². The fraction of sp³-hybridized carbons (Fsp3) is 0.316. The largest absolute Gasteiger partial charge is 0.491 e. The lowest BCUT2D eigenvalue weighted by atomic mass is 10.1. The molecule has 0 aliphatic carbocycles. The molecule has 0 saturated carbocycles. The second-order valence-corrected chi connectivity index (χ2v) is 5.82. The number of halogens is 1. The normalized spacial score (nSPS) is 11.5. The second kappa shape index (κ2) is 9.96. The molecule has 1 amide bonds. The summed E-state index contributed by atoms with van der Waals surface area (Å²) < 4.78 is 5.59. The third-order valence-corrected chi connectivity index (χ3v) is 3.40. The van der Waals surface area contributed by atoms with Crippen LogP contribution in [0.25, 0.3) is 0 Å². The van der Waals surface area contributed by atoms with Gasteiger partial charge in [-0.25, -0.2) is 0 Å². The minimum Gasteiger partial charge on any atom is -0.491 e. The average Bonchev–Trinajstić information content (AvgIpc) is 2.54. The first-order valence-electron chi connectivity index (χ1n) is 7.87. The molecule has 0 fully saturated rings. The third kappa shape index (κ3) is 6.60. The first-order chi connectivity index (χ1) is 11.0. The number of nitrogens with two attached hydrogens (primary N) is 1. The molecule has 2 aromatic carbocycles. The molecule has 130 valence electrons. The molecule has 0 aliphatic heterocycles. The Hall–Kier alpha value is -2.04. The molecule has 0 radical (unpaired) electrons. The van der Waals surface area contributed by atoms with Crippen LogP contribution in [0.2, 0.25) is 0 Å². The fourth-order valence-corrected chi connectivity index (χ4v) is 2.24. The minimum atomic E-state index is -0.541. The fourth-order valence-electron chi connectivity index (χ4n) is 2.24. The van der Waals surface area contributed by atoms with E-state index in [4.69, 9.17) is 10.5 Å². The molecule has 2 aromatic rings. The van der Waals surface area contributed by atoms with Crippen molar-refractivity contribution in [3.8, 4) is 5.75 Å². The molecule has 4 nitrogen and oxygen atoms in total. The molecule has 0 spiro atoms. The van der Waals surface area contributed by atoms with Crippen LogP contribution >= 0.6 is 12.4 Å². The molecule has 0 aliphatic rings. The van der Waals surface area contributed by atoms with Crippen LogP contribution in [0.15, 0.2) is 54.6 Å². The molecule has 0 aromatic heterocycles. The van der Waals surface area contributed by atoms with Crippen LogP contribution in [0.1, 0.15) is 25.0 Å². The van der Waals surface area contributed by atoms with E-state index in [0.717, 1.165) is 16.9 Å². The summed E-state index contributed by atoms with van der Waals surface area (Å²) in [5.41, 5.74) is 8.04. The van der Waals surface area contributed by atoms with Crippen molar-refractivity contribution in [2.24, 2.45) is 5.73 Å². The summed E-state index contributed by atoms with van der Waals surface area (Å²) in [7, 11) is 0. The number of benzene rings is 2. The molecule has 3 N–H and O–H groups in total. The van der Waals surface area contributed by atoms with Crippen molar-refractivity contribution in [1.29, 1.82) is 0 Å². The van der Waals surface area contributed by atoms with E-state index in [1.807, 2.05) is 68.4 Å². The van der Waals surface area contributed by atoms with Crippen LogP contribution in [0, 0.1) is 0 Å². The van der Waals surface area contributed by atoms with Crippen molar-refractivity contribution in [1.82, 2.24) is 5.32 Å². The van der Waals surface area contributed by atoms with E-state index in [9.17, 15) is 4.79 Å². The van der Waals surface area contributed by atoms with E-state index < -0.39 is 6.04 Å². The maximum absolute atomic E-state index is 12.1. The SMILES string of the molecule is CC(C)Oc1ccc(CNC(=O)C(N)Cc2ccccc2)cc1.Cl. The number of carbonyl (C=O) groups excluding carboxylic acids is 1. The lowest BCUT2D eigenvalue weighted by Crippen LogP contribution is -2.41. The lowest BCUT2D eigenvalue weighted by Gasteiger charge is -2.13. The van der Waals surface area contributed by atoms with E-state index in [0.29, 0.717) is 13.0 Å². The topological polar surface area (TPSA) is 64.3 Å². The number of hydrogen-bond acceptors (Lipinski definition) is 3. The first-order valence-corrected chi connectivity index (χ1v) is 7.87. The van der Waals surface area contributed by atoms with Crippen molar-refractivity contribution < 1.29 is 9.53 Å². The molecule has 0 heterocycles. The van der Waals surface area contributed by atoms with Gasteiger partial charge in [-0.2, -0.15) is 0 Å². The molecule has 1 atom stereocenters. The second-order valence-electron chi connectivity index (χ2n) is 5.82. The number of amides is 1. The Labute approximate surface area is 149 Å². The number of rotatable bonds is 7. The predicted octanol–water partition coefficient (Wildman–Crippen LogP) is 3.08. The predicted molar refractivity (Wildman–Crippen MR) is 99.4 cm³/mol. The summed E-state index contributed by atoms with van der Waals surface area (Å²) in [4.78, 5) is 12.1. The monoisotopic (exact) mass is 348 g/mol. The van der Waals surface area contributed by atoms with Gasteiger partial charge in [0.15, 0.2) is 0 Å². The summed E-state index contributed by atoms with van der Waals surface area (Å²) in [6.07, 6.45) is 0.685. The van der Waals surface area contributed by atoms with Gasteiger partial charge in [0.05, 0.1) is 12.1 Å². The number of ether oxygens (including phenoxy) is 1. The van der Waals surface area contributed by atoms with Gasteiger partial charge in [-0.3, -0.25) is 4.79 Å². The standard InChI is InChI=1S/C19H24N2O2.ClH/c1-14(2)23-17-10-8-16(9-11-17)13-21-19(22)18(20)12-15-6-4-3-5-7-15;/h3-11,14,18H,12-13,20H2,1-2H3,(H,21,22);1H. The quantitative estimate of drug-likeness (QED) is 0.808. The van der Waals surface area contributed by atoms with Crippen molar-refractivity contribution in [3.63, 3.8) is 0 Å². The smallest absolute Gasteiger partial charge is 0.237 e. The van der Waals surface area contributed by atoms with Crippen LogP contribution in [0.4, 0.5) is 0 Å². The highest BCUT2D eigenvalue weighted by Gasteiger charge is 2.13. The molecule has 0 saturated heterocycles. The molecule has 0 bridgehead atoms. The molecule has 5 heteroatoms. The zero-order chi connectivity index (χ0) is 16.7. The van der Waals surface area contributed by atoms with Gasteiger partial charge in [0.25, 0.3) is 0 Å². The van der Waals surface area contributed by atoms with Crippen LogP contribution in [0.5, 0.6) is 5.75 Å². The Morgan fingerprint density at radius 1 is 1.04 bits per heavy atom. The summed E-state index contributed by atoms with van der Waals surface area (Å²) in [6.45, 7) is 4.44. The average molecular weight is 349 g/mol. The number of hydrogen-bond donors (Lipinski definition) is 2. The van der Waals surface area contributed by atoms with Gasteiger partial charge in [-0.05, 0) is 43.5 Å². The molecular weight excluding hydrogens is 324 g/mol. The van der Waals surface area contributed by atoms with Gasteiger partial charge in [-0.1, -0.05) is 42.5 Å². The number of carbonyl (C=O) groups is 1. The van der Waals surface area contributed by atoms with Crippen molar-refractivity contribution in [2.45, 2.75) is 39.0 Å². The number of nitrogens with one attached hydrogen (secondary N) is 1. The highest BCUT2D eigenvalue weighted by Crippen LogP contribution is 2.13. The van der Waals surface area contributed by atoms with Gasteiger partial charge in [0, 0.05) is 6.54 Å². The van der Waals surface area contributed by atoms with Gasteiger partial charge in [0.1, 0.15) is 5.75 Å². The molecule has 24 heavy (non-hydrogen) atoms. The Morgan fingerprint density at radius 2 is 1.67 bits per heavy atom. The molecular formula is C19H25ClN2O2. The maximum Gasteiger partial charge on any atom is 0.237 e. The lowest BCUT2D eigenvalue weighted by molar-refractivity contribution is -0.122. The zero-order valence-electron chi connectivity index (χ0n) is 14.1. The van der Waals surface area contributed by atoms with Gasteiger partial charge in [0.2, 0.25) is 5.91 Å². The third-order valence-electron chi connectivity index (χ3n) is 3.40. The van der Waals surface area contributed by atoms with E-state index >= 15 is 0 Å². The van der Waals surface area contributed by atoms with Crippen molar-refractivity contribution in [2.75, 3.05) is 0 Å². The van der Waals surface area contributed by atoms with Gasteiger partial charge in [-0.15, -0.1) is 12.4 Å². The Bertz CT molecular complexity index is 615.